The minimum Gasteiger partial charge on any atom is -0.748 e. The molecule has 1 heterocycles. The molecular formula is C15H15NO4S. The van der Waals surface area contributed by atoms with Crippen molar-refractivity contribution in [2.24, 2.45) is 0 Å². The molecule has 0 spiro atoms. The first kappa shape index (κ1) is 14.0. The van der Waals surface area contributed by atoms with E-state index in [1.54, 1.807) is 0 Å². The fourth-order valence-corrected chi connectivity index (χ4v) is 3.12. The summed E-state index contributed by atoms with van der Waals surface area (Å²) >= 11 is 0. The quantitative estimate of drug-likeness (QED) is 0.546. The normalized spacial score (nSPS) is 12.3. The molecule has 0 saturated heterocycles. The van der Waals surface area contributed by atoms with Gasteiger partial charge >= 0.3 is 5.89 Å². The topological polar surface area (TPSA) is 74.2 Å². The number of aromatic nitrogens is 1. The molecule has 0 fully saturated rings. The summed E-state index contributed by atoms with van der Waals surface area (Å²) in [6, 6.07) is 11.8. The average molecular weight is 305 g/mol. The van der Waals surface area contributed by atoms with Gasteiger partial charge in [0.1, 0.15) is 0 Å². The summed E-state index contributed by atoms with van der Waals surface area (Å²) in [4.78, 5) is 0. The van der Waals surface area contributed by atoms with Crippen LogP contribution in [-0.4, -0.2) is 18.7 Å². The zero-order valence-corrected chi connectivity index (χ0v) is 12.4. The van der Waals surface area contributed by atoms with Crippen molar-refractivity contribution in [1.29, 1.82) is 0 Å². The van der Waals surface area contributed by atoms with Crippen LogP contribution in [0.4, 0.5) is 0 Å². The number of aryl methyl sites for hydroxylation is 2. The lowest BCUT2D eigenvalue weighted by Crippen LogP contribution is -2.36. The third-order valence-electron chi connectivity index (χ3n) is 3.55. The molecule has 0 saturated carbocycles. The van der Waals surface area contributed by atoms with Crippen LogP contribution in [0, 0.1) is 6.92 Å². The number of nitrogens with zero attached hydrogens (tertiary/aromatic N) is 1. The molecule has 0 aliphatic rings. The Bertz CT molecular complexity index is 912. The highest BCUT2D eigenvalue weighted by Crippen LogP contribution is 2.24. The highest BCUT2D eigenvalue weighted by molar-refractivity contribution is 7.85. The third kappa shape index (κ3) is 2.77. The standard InChI is InChI=1S/C15H15NO4S/c1-11-16(9-4-10-21(17,18)19)15-13-6-3-2-5-12(13)7-8-14(15)20-11/h2-3,5-8H,4,9-10H2,1H3. The van der Waals surface area contributed by atoms with E-state index in [0.29, 0.717) is 12.4 Å². The van der Waals surface area contributed by atoms with E-state index in [4.69, 9.17) is 4.42 Å². The lowest BCUT2D eigenvalue weighted by atomic mass is 10.1. The molecule has 21 heavy (non-hydrogen) atoms. The Morgan fingerprint density at radius 3 is 2.71 bits per heavy atom. The van der Waals surface area contributed by atoms with Crippen molar-refractivity contribution in [2.75, 3.05) is 5.75 Å². The van der Waals surface area contributed by atoms with Gasteiger partial charge in [0.05, 0.1) is 22.4 Å². The van der Waals surface area contributed by atoms with Crippen LogP contribution in [0.1, 0.15) is 12.3 Å². The summed E-state index contributed by atoms with van der Waals surface area (Å²) in [5.74, 6) is 0.335. The second-order valence-electron chi connectivity index (χ2n) is 5.02. The van der Waals surface area contributed by atoms with Crippen molar-refractivity contribution in [1.82, 2.24) is 0 Å². The van der Waals surface area contributed by atoms with E-state index in [1.165, 1.54) is 0 Å². The van der Waals surface area contributed by atoms with Crippen molar-refractivity contribution in [3.63, 3.8) is 0 Å². The molecule has 110 valence electrons. The van der Waals surface area contributed by atoms with Crippen molar-refractivity contribution in [3.05, 3.63) is 42.3 Å². The van der Waals surface area contributed by atoms with Gasteiger partial charge in [-0.15, -0.1) is 0 Å². The maximum Gasteiger partial charge on any atom is 0.344 e. The second kappa shape index (κ2) is 5.13. The molecule has 0 atom stereocenters. The number of hydrogen-bond acceptors (Lipinski definition) is 4. The second-order valence-corrected chi connectivity index (χ2v) is 6.55. The Hall–Kier alpha value is -1.92. The van der Waals surface area contributed by atoms with Gasteiger partial charge in [-0.1, -0.05) is 24.3 Å². The molecule has 6 heteroatoms. The van der Waals surface area contributed by atoms with Crippen molar-refractivity contribution in [2.45, 2.75) is 19.9 Å². The van der Waals surface area contributed by atoms with E-state index >= 15 is 0 Å². The molecule has 3 rings (SSSR count). The lowest BCUT2D eigenvalue weighted by Gasteiger charge is -2.04. The first-order chi connectivity index (χ1) is 9.96. The van der Waals surface area contributed by atoms with Gasteiger partial charge in [-0.05, 0) is 17.5 Å². The first-order valence-electron chi connectivity index (χ1n) is 6.70. The fraction of sp³-hybridized carbons (Fsp3) is 0.267. The number of oxazole rings is 1. The first-order valence-corrected chi connectivity index (χ1v) is 8.28. The maximum absolute atomic E-state index is 10.7. The molecule has 0 amide bonds. The molecular weight excluding hydrogens is 290 g/mol. The molecule has 2 aromatic carbocycles. The van der Waals surface area contributed by atoms with E-state index in [0.717, 1.165) is 21.9 Å². The molecule has 1 aromatic heterocycles. The van der Waals surface area contributed by atoms with Crippen LogP contribution in [0.3, 0.4) is 0 Å². The predicted octanol–water partition coefficient (Wildman–Crippen LogP) is 2.12. The van der Waals surface area contributed by atoms with Crippen molar-refractivity contribution < 1.29 is 22.0 Å². The Morgan fingerprint density at radius 2 is 1.95 bits per heavy atom. The highest BCUT2D eigenvalue weighted by atomic mass is 32.2. The van der Waals surface area contributed by atoms with Gasteiger partial charge in [0, 0.05) is 12.2 Å². The molecule has 5 nitrogen and oxygen atoms in total. The maximum atomic E-state index is 10.7. The van der Waals surface area contributed by atoms with Crippen LogP contribution < -0.4 is 4.57 Å². The molecule has 0 radical (unpaired) electrons. The minimum absolute atomic E-state index is 0.273. The lowest BCUT2D eigenvalue weighted by molar-refractivity contribution is -0.681. The van der Waals surface area contributed by atoms with Crippen LogP contribution >= 0.6 is 0 Å². The number of fused-ring (bicyclic) bond motifs is 3. The average Bonchev–Trinajstić information content (AvgIpc) is 2.74. The molecule has 0 N–H and O–H groups in total. The van der Waals surface area contributed by atoms with Gasteiger partial charge in [-0.2, -0.15) is 4.57 Å². The zero-order chi connectivity index (χ0) is 15.0. The Kier molecular flexibility index (Phi) is 3.43. The van der Waals surface area contributed by atoms with Crippen LogP contribution in [0.5, 0.6) is 0 Å². The number of hydrogen-bond donors (Lipinski definition) is 0. The minimum atomic E-state index is -4.18. The van der Waals surface area contributed by atoms with E-state index in [1.807, 2.05) is 47.9 Å². The summed E-state index contributed by atoms with van der Waals surface area (Å²) in [6.45, 7) is 2.27. The summed E-state index contributed by atoms with van der Waals surface area (Å²) in [6.07, 6.45) is 0.273. The van der Waals surface area contributed by atoms with Crippen LogP contribution in [-0.2, 0) is 16.7 Å². The summed E-state index contributed by atoms with van der Waals surface area (Å²) in [5.41, 5.74) is 1.70. The van der Waals surface area contributed by atoms with Gasteiger partial charge < -0.3 is 8.97 Å². The summed E-state index contributed by atoms with van der Waals surface area (Å²) < 4.78 is 39.9. The molecule has 3 aromatic rings. The van der Waals surface area contributed by atoms with E-state index in [-0.39, 0.29) is 12.2 Å². The van der Waals surface area contributed by atoms with Gasteiger partial charge in [0.25, 0.3) is 5.52 Å². The smallest absolute Gasteiger partial charge is 0.344 e. The third-order valence-corrected chi connectivity index (χ3v) is 4.34. The number of benzene rings is 2. The van der Waals surface area contributed by atoms with Crippen LogP contribution in [0.2, 0.25) is 0 Å². The Morgan fingerprint density at radius 1 is 1.19 bits per heavy atom. The van der Waals surface area contributed by atoms with E-state index in [2.05, 4.69) is 0 Å². The SMILES string of the molecule is Cc1oc2ccc3ccccc3c2[n+]1CCCS(=O)(=O)[O-]. The number of rotatable bonds is 4. The van der Waals surface area contributed by atoms with Crippen LogP contribution in [0.15, 0.2) is 40.8 Å². The predicted molar refractivity (Wildman–Crippen MR) is 77.8 cm³/mol. The van der Waals surface area contributed by atoms with Gasteiger partial charge in [-0.25, -0.2) is 8.42 Å². The molecule has 0 aliphatic heterocycles. The zero-order valence-electron chi connectivity index (χ0n) is 11.6. The Balaban J connectivity index is 2.08. The fourth-order valence-electron chi connectivity index (χ4n) is 2.64. The van der Waals surface area contributed by atoms with Gasteiger partial charge in [-0.3, -0.25) is 0 Å². The summed E-state index contributed by atoms with van der Waals surface area (Å²) in [7, 11) is -4.18. The van der Waals surface area contributed by atoms with Crippen LogP contribution in [0.25, 0.3) is 21.9 Å². The van der Waals surface area contributed by atoms with E-state index < -0.39 is 10.1 Å². The largest absolute Gasteiger partial charge is 0.748 e. The van der Waals surface area contributed by atoms with Crippen molar-refractivity contribution in [3.8, 4) is 0 Å². The molecule has 0 aliphatic carbocycles. The monoisotopic (exact) mass is 305 g/mol. The van der Waals surface area contributed by atoms with Gasteiger partial charge in [0.2, 0.25) is 5.58 Å². The van der Waals surface area contributed by atoms with Crippen molar-refractivity contribution >= 4 is 32.0 Å². The molecule has 0 bridgehead atoms. The van der Waals surface area contributed by atoms with E-state index in [9.17, 15) is 13.0 Å². The highest BCUT2D eigenvalue weighted by Gasteiger charge is 2.21. The summed E-state index contributed by atoms with van der Waals surface area (Å²) in [5, 5.41) is 2.15. The Labute approximate surface area is 122 Å². The van der Waals surface area contributed by atoms with Gasteiger partial charge in [0.15, 0.2) is 6.54 Å². The molecule has 0 unspecified atom stereocenters.